The van der Waals surface area contributed by atoms with Crippen LogP contribution < -0.4 is 0 Å². The van der Waals surface area contributed by atoms with Crippen molar-refractivity contribution in [3.8, 4) is 11.3 Å². The van der Waals surface area contributed by atoms with Crippen LogP contribution in [0.2, 0.25) is 5.02 Å². The van der Waals surface area contributed by atoms with Crippen molar-refractivity contribution < 1.29 is 9.18 Å². The smallest absolute Gasteiger partial charge is 0.168 e. The van der Waals surface area contributed by atoms with Gasteiger partial charge in [-0.25, -0.2) is 14.4 Å². The van der Waals surface area contributed by atoms with Gasteiger partial charge in [-0.2, -0.15) is 0 Å². The summed E-state index contributed by atoms with van der Waals surface area (Å²) >= 11 is 5.76. The van der Waals surface area contributed by atoms with E-state index in [-0.39, 0.29) is 11.3 Å². The number of carbonyl (C=O) groups excluding carboxylic acids is 1. The summed E-state index contributed by atoms with van der Waals surface area (Å²) in [6, 6.07) is 5.55. The van der Waals surface area contributed by atoms with Crippen LogP contribution in [-0.4, -0.2) is 16.3 Å². The molecule has 0 aliphatic heterocycles. The average molecular weight is 237 g/mol. The lowest BCUT2D eigenvalue weighted by atomic mass is 10.1. The Kier molecular flexibility index (Phi) is 2.92. The van der Waals surface area contributed by atoms with Crippen molar-refractivity contribution in [3.05, 3.63) is 47.1 Å². The molecule has 0 amide bonds. The Morgan fingerprint density at radius 2 is 2.06 bits per heavy atom. The maximum atomic E-state index is 13.5. The van der Waals surface area contributed by atoms with E-state index in [1.807, 2.05) is 0 Å². The molecule has 0 unspecified atom stereocenters. The van der Waals surface area contributed by atoms with Crippen LogP contribution in [0.1, 0.15) is 10.5 Å². The fourth-order valence-corrected chi connectivity index (χ4v) is 1.45. The largest absolute Gasteiger partial charge is 0.296 e. The Balaban J connectivity index is 2.57. The molecule has 0 spiro atoms. The highest BCUT2D eigenvalue weighted by molar-refractivity contribution is 6.30. The van der Waals surface area contributed by atoms with Gasteiger partial charge in [-0.15, -0.1) is 0 Å². The molecular weight excluding hydrogens is 231 g/mol. The van der Waals surface area contributed by atoms with E-state index in [4.69, 9.17) is 11.6 Å². The molecule has 0 atom stereocenters. The van der Waals surface area contributed by atoms with Crippen molar-refractivity contribution in [2.45, 2.75) is 0 Å². The van der Waals surface area contributed by atoms with Crippen LogP contribution in [0.15, 0.2) is 30.6 Å². The number of benzene rings is 1. The van der Waals surface area contributed by atoms with Gasteiger partial charge in [-0.3, -0.25) is 4.79 Å². The number of rotatable bonds is 2. The van der Waals surface area contributed by atoms with E-state index in [1.54, 1.807) is 0 Å². The van der Waals surface area contributed by atoms with Crippen molar-refractivity contribution in [2.75, 3.05) is 0 Å². The van der Waals surface area contributed by atoms with Gasteiger partial charge in [-0.1, -0.05) is 11.6 Å². The number of aldehydes is 1. The molecule has 0 N–H and O–H groups in total. The minimum atomic E-state index is -0.444. The normalized spacial score (nSPS) is 10.1. The van der Waals surface area contributed by atoms with Crippen molar-refractivity contribution in [1.82, 2.24) is 9.97 Å². The molecule has 0 radical (unpaired) electrons. The minimum Gasteiger partial charge on any atom is -0.296 e. The predicted molar refractivity (Wildman–Crippen MR) is 57.8 cm³/mol. The van der Waals surface area contributed by atoms with Gasteiger partial charge in [0.2, 0.25) is 0 Å². The summed E-state index contributed by atoms with van der Waals surface area (Å²) in [7, 11) is 0. The van der Waals surface area contributed by atoms with Crippen LogP contribution >= 0.6 is 11.6 Å². The zero-order chi connectivity index (χ0) is 11.5. The quantitative estimate of drug-likeness (QED) is 0.753. The van der Waals surface area contributed by atoms with Crippen LogP contribution in [0.4, 0.5) is 4.39 Å². The second-order valence-electron chi connectivity index (χ2n) is 3.07. The Morgan fingerprint density at radius 1 is 1.25 bits per heavy atom. The van der Waals surface area contributed by atoms with Crippen LogP contribution in [0, 0.1) is 5.82 Å². The molecule has 0 aliphatic carbocycles. The van der Waals surface area contributed by atoms with Crippen molar-refractivity contribution in [2.24, 2.45) is 0 Å². The lowest BCUT2D eigenvalue weighted by Gasteiger charge is -2.03. The van der Waals surface area contributed by atoms with E-state index in [1.165, 1.54) is 30.6 Å². The molecule has 1 heterocycles. The first-order valence-electron chi connectivity index (χ1n) is 4.43. The third-order valence-corrected chi connectivity index (χ3v) is 2.25. The molecule has 1 aromatic carbocycles. The standard InChI is InChI=1S/C11H6ClFN2O/c12-7-1-2-10(13)9(3-7)11-4-8(5-16)14-6-15-11/h1-6H. The van der Waals surface area contributed by atoms with E-state index in [0.29, 0.717) is 17.0 Å². The zero-order valence-electron chi connectivity index (χ0n) is 8.02. The number of hydrogen-bond acceptors (Lipinski definition) is 3. The van der Waals surface area contributed by atoms with Crippen molar-refractivity contribution in [1.29, 1.82) is 0 Å². The Bertz CT molecular complexity index is 545. The fraction of sp³-hybridized carbons (Fsp3) is 0. The Hall–Kier alpha value is -1.81. The third kappa shape index (κ3) is 2.06. The summed E-state index contributed by atoms with van der Waals surface area (Å²) in [5, 5.41) is 0.405. The van der Waals surface area contributed by atoms with E-state index in [2.05, 4.69) is 9.97 Å². The molecular formula is C11H6ClFN2O. The van der Waals surface area contributed by atoms with Crippen molar-refractivity contribution in [3.63, 3.8) is 0 Å². The van der Waals surface area contributed by atoms with Crippen LogP contribution in [-0.2, 0) is 0 Å². The number of nitrogens with zero attached hydrogens (tertiary/aromatic N) is 2. The van der Waals surface area contributed by atoms with Crippen LogP contribution in [0.5, 0.6) is 0 Å². The monoisotopic (exact) mass is 236 g/mol. The molecule has 0 saturated heterocycles. The van der Waals surface area contributed by atoms with Crippen LogP contribution in [0.25, 0.3) is 11.3 Å². The van der Waals surface area contributed by atoms with E-state index < -0.39 is 5.82 Å². The first-order valence-corrected chi connectivity index (χ1v) is 4.81. The maximum Gasteiger partial charge on any atom is 0.168 e. The first kappa shape index (κ1) is 10.7. The van der Waals surface area contributed by atoms with Crippen molar-refractivity contribution >= 4 is 17.9 Å². The highest BCUT2D eigenvalue weighted by atomic mass is 35.5. The van der Waals surface area contributed by atoms with Gasteiger partial charge in [0.1, 0.15) is 17.8 Å². The van der Waals surface area contributed by atoms with Gasteiger partial charge in [0, 0.05) is 10.6 Å². The van der Waals surface area contributed by atoms with E-state index in [9.17, 15) is 9.18 Å². The zero-order valence-corrected chi connectivity index (χ0v) is 8.78. The van der Waals surface area contributed by atoms with Gasteiger partial charge < -0.3 is 0 Å². The molecule has 80 valence electrons. The summed E-state index contributed by atoms with van der Waals surface area (Å²) in [4.78, 5) is 18.1. The fourth-order valence-electron chi connectivity index (χ4n) is 1.28. The van der Waals surface area contributed by atoms with Gasteiger partial charge in [0.15, 0.2) is 6.29 Å². The highest BCUT2D eigenvalue weighted by Gasteiger charge is 2.08. The van der Waals surface area contributed by atoms with Gasteiger partial charge in [-0.05, 0) is 24.3 Å². The molecule has 1 aromatic heterocycles. The molecule has 0 saturated carbocycles. The van der Waals surface area contributed by atoms with Gasteiger partial charge in [0.05, 0.1) is 5.69 Å². The number of halogens is 2. The number of carbonyl (C=O) groups is 1. The Labute approximate surface area is 95.9 Å². The molecule has 0 bridgehead atoms. The third-order valence-electron chi connectivity index (χ3n) is 2.01. The molecule has 0 aliphatic rings. The summed E-state index contributed by atoms with van der Waals surface area (Å²) in [5.74, 6) is -0.444. The number of hydrogen-bond donors (Lipinski definition) is 0. The summed E-state index contributed by atoms with van der Waals surface area (Å²) in [6.45, 7) is 0. The second-order valence-corrected chi connectivity index (χ2v) is 3.51. The molecule has 16 heavy (non-hydrogen) atoms. The summed E-state index contributed by atoms with van der Waals surface area (Å²) < 4.78 is 13.5. The number of aromatic nitrogens is 2. The maximum absolute atomic E-state index is 13.5. The highest BCUT2D eigenvalue weighted by Crippen LogP contribution is 2.24. The SMILES string of the molecule is O=Cc1cc(-c2cc(Cl)ccc2F)ncn1. The molecule has 5 heteroatoms. The lowest BCUT2D eigenvalue weighted by molar-refractivity contribution is 0.111. The van der Waals surface area contributed by atoms with Gasteiger partial charge >= 0.3 is 0 Å². The van der Waals surface area contributed by atoms with E-state index >= 15 is 0 Å². The minimum absolute atomic E-state index is 0.198. The topological polar surface area (TPSA) is 42.9 Å². The molecule has 3 nitrogen and oxygen atoms in total. The van der Waals surface area contributed by atoms with E-state index in [0.717, 1.165) is 0 Å². The molecule has 2 rings (SSSR count). The summed E-state index contributed by atoms with van der Waals surface area (Å²) in [6.07, 6.45) is 1.78. The first-order chi connectivity index (χ1) is 7.70. The summed E-state index contributed by atoms with van der Waals surface area (Å²) in [5.41, 5.74) is 0.777. The molecule has 2 aromatic rings. The Morgan fingerprint density at radius 3 is 2.81 bits per heavy atom. The van der Waals surface area contributed by atoms with Gasteiger partial charge in [0.25, 0.3) is 0 Å². The predicted octanol–water partition coefficient (Wildman–Crippen LogP) is 2.75. The molecule has 0 fully saturated rings. The second kappa shape index (κ2) is 4.37. The van der Waals surface area contributed by atoms with Crippen LogP contribution in [0.3, 0.4) is 0 Å². The lowest BCUT2D eigenvalue weighted by Crippen LogP contribution is -1.93. The average Bonchev–Trinajstić information content (AvgIpc) is 2.32.